The number of rotatable bonds is 19. The standard InChI is InChI=1S/C24H40IO6P/c1-27-24(21-31-32(26)29-17-18-30-32)20-28-16-11-9-7-5-3-2-4-6-8-10-13-22-14-12-15-23(25)19-22/h12,14-15,19,24H,2-11,13,16-18,20-21H2,1H3/t24-/m1/s1. The van der Waals surface area contributed by atoms with Gasteiger partial charge in [0.1, 0.15) is 6.10 Å². The van der Waals surface area contributed by atoms with Crippen molar-refractivity contribution in [3.05, 3.63) is 33.4 Å². The predicted octanol–water partition coefficient (Wildman–Crippen LogP) is 6.94. The maximum Gasteiger partial charge on any atom is 0.475 e. The summed E-state index contributed by atoms with van der Waals surface area (Å²) in [5, 5.41) is 0. The summed E-state index contributed by atoms with van der Waals surface area (Å²) < 4.78 is 39.5. The van der Waals surface area contributed by atoms with E-state index in [1.807, 2.05) is 0 Å². The largest absolute Gasteiger partial charge is 0.475 e. The number of unbranched alkanes of at least 4 members (excludes halogenated alkanes) is 9. The first kappa shape index (κ1) is 28.2. The Morgan fingerprint density at radius 1 is 0.938 bits per heavy atom. The third-order valence-electron chi connectivity index (χ3n) is 5.53. The number of halogens is 1. The second kappa shape index (κ2) is 17.4. The van der Waals surface area contributed by atoms with Crippen LogP contribution >= 0.6 is 30.4 Å². The monoisotopic (exact) mass is 582 g/mol. The van der Waals surface area contributed by atoms with Gasteiger partial charge in [0.2, 0.25) is 0 Å². The molecule has 0 aliphatic carbocycles. The summed E-state index contributed by atoms with van der Waals surface area (Å²) >= 11 is 2.39. The molecule has 184 valence electrons. The Morgan fingerprint density at radius 2 is 1.56 bits per heavy atom. The number of methoxy groups -OCH3 is 1. The van der Waals surface area contributed by atoms with Gasteiger partial charge in [0, 0.05) is 17.3 Å². The van der Waals surface area contributed by atoms with Crippen molar-refractivity contribution >= 4 is 30.4 Å². The molecule has 0 saturated carbocycles. The van der Waals surface area contributed by atoms with E-state index in [4.69, 9.17) is 23.0 Å². The van der Waals surface area contributed by atoms with Gasteiger partial charge in [-0.05, 0) is 59.5 Å². The Morgan fingerprint density at radius 3 is 2.19 bits per heavy atom. The van der Waals surface area contributed by atoms with Crippen LogP contribution in [0.2, 0.25) is 0 Å². The predicted molar refractivity (Wildman–Crippen MR) is 136 cm³/mol. The molecule has 0 N–H and O–H groups in total. The van der Waals surface area contributed by atoms with Crippen LogP contribution < -0.4 is 0 Å². The number of hydrogen-bond donors (Lipinski definition) is 0. The molecule has 1 aromatic rings. The number of phosphoric ester groups is 1. The van der Waals surface area contributed by atoms with E-state index in [0.717, 1.165) is 6.42 Å². The van der Waals surface area contributed by atoms with Gasteiger partial charge in [-0.25, -0.2) is 4.57 Å². The van der Waals surface area contributed by atoms with Gasteiger partial charge in [0.15, 0.2) is 0 Å². The van der Waals surface area contributed by atoms with E-state index in [9.17, 15) is 4.57 Å². The highest BCUT2D eigenvalue weighted by Gasteiger charge is 2.32. The minimum atomic E-state index is -3.36. The number of aryl methyl sites for hydroxylation is 1. The van der Waals surface area contributed by atoms with E-state index < -0.39 is 7.82 Å². The first-order valence-corrected chi connectivity index (χ1v) is 14.5. The van der Waals surface area contributed by atoms with Crippen LogP contribution in [0.25, 0.3) is 0 Å². The highest BCUT2D eigenvalue weighted by Crippen LogP contribution is 2.52. The quantitative estimate of drug-likeness (QED) is 0.100. The lowest BCUT2D eigenvalue weighted by Gasteiger charge is -2.17. The van der Waals surface area contributed by atoms with Gasteiger partial charge in [0.05, 0.1) is 26.4 Å². The molecule has 2 rings (SSSR count). The van der Waals surface area contributed by atoms with E-state index in [2.05, 4.69) is 46.9 Å². The SMILES string of the molecule is CO[C@H](COCCCCCCCCCCCCc1cccc(I)c1)COP1(=O)OCCO1. The summed E-state index contributed by atoms with van der Waals surface area (Å²) in [6, 6.07) is 8.84. The lowest BCUT2D eigenvalue weighted by Crippen LogP contribution is -2.24. The van der Waals surface area contributed by atoms with Crippen LogP contribution in [0.1, 0.15) is 69.8 Å². The van der Waals surface area contributed by atoms with Crippen molar-refractivity contribution in [1.29, 1.82) is 0 Å². The third-order valence-corrected chi connectivity index (χ3v) is 7.66. The molecule has 0 spiro atoms. The van der Waals surface area contributed by atoms with Crippen LogP contribution in [0.15, 0.2) is 24.3 Å². The highest BCUT2D eigenvalue weighted by molar-refractivity contribution is 14.1. The summed E-state index contributed by atoms with van der Waals surface area (Å²) in [4.78, 5) is 0. The molecule has 0 unspecified atom stereocenters. The van der Waals surface area contributed by atoms with Crippen LogP contribution in [0.5, 0.6) is 0 Å². The molecule has 1 aliphatic heterocycles. The van der Waals surface area contributed by atoms with E-state index in [0.29, 0.717) is 26.4 Å². The molecule has 0 radical (unpaired) electrons. The van der Waals surface area contributed by atoms with Crippen LogP contribution in [0, 0.1) is 3.57 Å². The van der Waals surface area contributed by atoms with Crippen molar-refractivity contribution in [3.8, 4) is 0 Å². The van der Waals surface area contributed by atoms with Crippen molar-refractivity contribution in [2.45, 2.75) is 76.7 Å². The molecule has 0 bridgehead atoms. The molecule has 1 atom stereocenters. The summed E-state index contributed by atoms with van der Waals surface area (Å²) in [5.41, 5.74) is 1.47. The van der Waals surface area contributed by atoms with Crippen molar-refractivity contribution in [2.24, 2.45) is 0 Å². The minimum absolute atomic E-state index is 0.138. The average Bonchev–Trinajstić information content (AvgIpc) is 3.22. The summed E-state index contributed by atoms with van der Waals surface area (Å²) in [6.07, 6.45) is 13.8. The van der Waals surface area contributed by atoms with Gasteiger partial charge >= 0.3 is 7.82 Å². The van der Waals surface area contributed by atoms with E-state index in [1.165, 1.54) is 73.3 Å². The maximum atomic E-state index is 11.9. The molecule has 1 aliphatic rings. The van der Waals surface area contributed by atoms with Gasteiger partial charge in [-0.3, -0.25) is 13.6 Å². The highest BCUT2D eigenvalue weighted by atomic mass is 127. The topological polar surface area (TPSA) is 63.2 Å². The molecule has 8 heteroatoms. The molecule has 0 aromatic heterocycles. The molecule has 6 nitrogen and oxygen atoms in total. The Hall–Kier alpha value is -0.0200. The molecule has 32 heavy (non-hydrogen) atoms. The normalized spacial score (nSPS) is 16.4. The smallest absolute Gasteiger partial charge is 0.379 e. The van der Waals surface area contributed by atoms with Crippen LogP contribution in [0.4, 0.5) is 0 Å². The second-order valence-electron chi connectivity index (χ2n) is 8.26. The van der Waals surface area contributed by atoms with Gasteiger partial charge in [-0.1, -0.05) is 63.5 Å². The first-order chi connectivity index (χ1) is 15.6. The zero-order valence-electron chi connectivity index (χ0n) is 19.5. The van der Waals surface area contributed by atoms with Gasteiger partial charge in [0.25, 0.3) is 0 Å². The van der Waals surface area contributed by atoms with Crippen molar-refractivity contribution < 1.29 is 27.6 Å². The number of benzene rings is 1. The molecule has 1 aromatic carbocycles. The summed E-state index contributed by atoms with van der Waals surface area (Å²) in [7, 11) is -1.77. The molecule has 1 saturated heterocycles. The Labute approximate surface area is 207 Å². The number of hydrogen-bond acceptors (Lipinski definition) is 6. The van der Waals surface area contributed by atoms with E-state index in [1.54, 1.807) is 7.11 Å². The lowest BCUT2D eigenvalue weighted by atomic mass is 10.0. The average molecular weight is 582 g/mol. The lowest BCUT2D eigenvalue weighted by molar-refractivity contribution is -0.0202. The van der Waals surface area contributed by atoms with Crippen LogP contribution in [-0.2, 0) is 34.0 Å². The van der Waals surface area contributed by atoms with Gasteiger partial charge < -0.3 is 9.47 Å². The Bertz CT molecular complexity index is 649. The number of ether oxygens (including phenoxy) is 2. The molecular formula is C24H40IO6P. The fourth-order valence-corrected chi connectivity index (χ4v) is 5.40. The maximum absolute atomic E-state index is 11.9. The van der Waals surface area contributed by atoms with Crippen molar-refractivity contribution in [2.75, 3.05) is 40.1 Å². The molecule has 1 fully saturated rings. The second-order valence-corrected chi connectivity index (χ2v) is 11.2. The zero-order valence-corrected chi connectivity index (χ0v) is 22.5. The van der Waals surface area contributed by atoms with E-state index >= 15 is 0 Å². The first-order valence-electron chi connectivity index (χ1n) is 12.0. The minimum Gasteiger partial charge on any atom is -0.379 e. The van der Waals surface area contributed by atoms with Gasteiger partial charge in [-0.2, -0.15) is 0 Å². The van der Waals surface area contributed by atoms with Crippen LogP contribution in [-0.4, -0.2) is 46.2 Å². The fraction of sp³-hybridized carbons (Fsp3) is 0.750. The summed E-state index contributed by atoms with van der Waals surface area (Å²) in [6.45, 7) is 1.88. The Kier molecular flexibility index (Phi) is 15.4. The third kappa shape index (κ3) is 13.0. The van der Waals surface area contributed by atoms with Crippen molar-refractivity contribution in [1.82, 2.24) is 0 Å². The van der Waals surface area contributed by atoms with Crippen LogP contribution in [0.3, 0.4) is 0 Å². The fourth-order valence-electron chi connectivity index (χ4n) is 3.62. The molecule has 1 heterocycles. The van der Waals surface area contributed by atoms with Gasteiger partial charge in [-0.15, -0.1) is 0 Å². The van der Waals surface area contributed by atoms with E-state index in [-0.39, 0.29) is 12.7 Å². The number of phosphoric acid groups is 1. The summed E-state index contributed by atoms with van der Waals surface area (Å²) in [5.74, 6) is 0. The molecule has 0 amide bonds. The van der Waals surface area contributed by atoms with Crippen molar-refractivity contribution in [3.63, 3.8) is 0 Å². The Balaban J connectivity index is 1.32. The molecular weight excluding hydrogens is 542 g/mol. The zero-order chi connectivity index (χ0) is 22.9.